The van der Waals surface area contributed by atoms with E-state index in [1.165, 1.54) is 4.68 Å². The second kappa shape index (κ2) is 7.40. The molecule has 0 aliphatic heterocycles. The van der Waals surface area contributed by atoms with Gasteiger partial charge in [-0.05, 0) is 31.9 Å². The Labute approximate surface area is 127 Å². The predicted octanol–water partition coefficient (Wildman–Crippen LogP) is 1.86. The first-order valence-corrected chi connectivity index (χ1v) is 7.17. The molecule has 0 bridgehead atoms. The van der Waals surface area contributed by atoms with Crippen LogP contribution in [0.4, 0.5) is 0 Å². The second-order valence-electron chi connectivity index (χ2n) is 4.76. The number of nitrogens with zero attached hydrogens (tertiary/aromatic N) is 1. The van der Waals surface area contributed by atoms with Crippen molar-refractivity contribution in [3.8, 4) is 5.69 Å². The van der Waals surface area contributed by atoms with Crippen molar-refractivity contribution < 1.29 is 14.3 Å². The molecular formula is C16H18N2O4. The number of carbonyl (C=O) groups excluding carboxylic acids is 2. The number of carbonyl (C=O) groups is 2. The largest absolute Gasteiger partial charge is 0.466 e. The third-order valence-corrected chi connectivity index (χ3v) is 3.25. The number of hydrogen-bond acceptors (Lipinski definition) is 4. The van der Waals surface area contributed by atoms with Crippen LogP contribution in [-0.2, 0) is 16.0 Å². The van der Waals surface area contributed by atoms with Crippen molar-refractivity contribution in [3.63, 3.8) is 0 Å². The number of para-hydroxylation sites is 1. The molecule has 6 nitrogen and oxygen atoms in total. The molecule has 0 fully saturated rings. The number of H-pyrrole nitrogens is 1. The van der Waals surface area contributed by atoms with E-state index in [0.29, 0.717) is 37.1 Å². The molecule has 0 aliphatic carbocycles. The smallest absolute Gasteiger partial charge is 0.305 e. The zero-order valence-corrected chi connectivity index (χ0v) is 12.4. The molecule has 22 heavy (non-hydrogen) atoms. The summed E-state index contributed by atoms with van der Waals surface area (Å²) in [5, 5.41) is 2.94. The predicted molar refractivity (Wildman–Crippen MR) is 81.3 cm³/mol. The van der Waals surface area contributed by atoms with E-state index < -0.39 is 0 Å². The van der Waals surface area contributed by atoms with Gasteiger partial charge < -0.3 is 4.74 Å². The summed E-state index contributed by atoms with van der Waals surface area (Å²) in [6.45, 7) is 2.10. The number of nitrogens with one attached hydrogen (secondary N) is 1. The lowest BCUT2D eigenvalue weighted by Crippen LogP contribution is -2.16. The second-order valence-corrected chi connectivity index (χ2v) is 4.76. The maximum Gasteiger partial charge on any atom is 0.305 e. The Morgan fingerprint density at radius 3 is 2.68 bits per heavy atom. The van der Waals surface area contributed by atoms with E-state index in [-0.39, 0.29) is 23.5 Å². The summed E-state index contributed by atoms with van der Waals surface area (Å²) in [6.07, 6.45) is 1.75. The van der Waals surface area contributed by atoms with Gasteiger partial charge in [-0.3, -0.25) is 19.5 Å². The van der Waals surface area contributed by atoms with Crippen molar-refractivity contribution in [3.05, 3.63) is 51.9 Å². The molecule has 0 atom stereocenters. The Hall–Kier alpha value is -2.63. The normalized spacial score (nSPS) is 10.4. The van der Waals surface area contributed by atoms with Crippen LogP contribution < -0.4 is 5.56 Å². The highest BCUT2D eigenvalue weighted by atomic mass is 16.5. The number of aromatic amines is 1. The fourth-order valence-electron chi connectivity index (χ4n) is 2.21. The summed E-state index contributed by atoms with van der Waals surface area (Å²) < 4.78 is 6.19. The Balaban J connectivity index is 2.17. The number of aromatic nitrogens is 2. The first-order valence-electron chi connectivity index (χ1n) is 7.17. The Morgan fingerprint density at radius 1 is 1.32 bits per heavy atom. The van der Waals surface area contributed by atoms with E-state index in [0.717, 1.165) is 0 Å². The van der Waals surface area contributed by atoms with Gasteiger partial charge in [0.15, 0.2) is 6.29 Å². The average molecular weight is 302 g/mol. The molecule has 0 aliphatic rings. The monoisotopic (exact) mass is 302 g/mol. The van der Waals surface area contributed by atoms with E-state index >= 15 is 0 Å². The maximum atomic E-state index is 12.2. The fraction of sp³-hybridized carbons (Fsp3) is 0.312. The van der Waals surface area contributed by atoms with E-state index in [9.17, 15) is 14.4 Å². The summed E-state index contributed by atoms with van der Waals surface area (Å²) in [5.74, 6) is -0.278. The molecule has 0 unspecified atom stereocenters. The van der Waals surface area contributed by atoms with Crippen molar-refractivity contribution in [1.82, 2.24) is 9.78 Å². The van der Waals surface area contributed by atoms with Crippen molar-refractivity contribution in [2.24, 2.45) is 0 Å². The first-order chi connectivity index (χ1) is 10.7. The molecule has 1 aromatic carbocycles. The van der Waals surface area contributed by atoms with Gasteiger partial charge in [-0.15, -0.1) is 0 Å². The van der Waals surface area contributed by atoms with Gasteiger partial charge in [-0.1, -0.05) is 18.2 Å². The van der Waals surface area contributed by atoms with Crippen LogP contribution in [0.2, 0.25) is 0 Å². The third-order valence-electron chi connectivity index (χ3n) is 3.25. The van der Waals surface area contributed by atoms with Gasteiger partial charge in [0, 0.05) is 12.1 Å². The van der Waals surface area contributed by atoms with Crippen LogP contribution in [0.5, 0.6) is 0 Å². The number of hydrogen-bond donors (Lipinski definition) is 1. The molecule has 0 saturated heterocycles. The summed E-state index contributed by atoms with van der Waals surface area (Å²) in [7, 11) is 0. The van der Waals surface area contributed by atoms with Crippen LogP contribution >= 0.6 is 0 Å². The molecule has 1 N–H and O–H groups in total. The van der Waals surface area contributed by atoms with Crippen LogP contribution in [0.25, 0.3) is 5.69 Å². The number of rotatable bonds is 7. The number of esters is 1. The molecule has 1 aromatic heterocycles. The molecular weight excluding hydrogens is 284 g/mol. The van der Waals surface area contributed by atoms with Gasteiger partial charge in [0.05, 0.1) is 12.3 Å². The van der Waals surface area contributed by atoms with Gasteiger partial charge in [-0.2, -0.15) is 0 Å². The summed E-state index contributed by atoms with van der Waals surface area (Å²) in [5.41, 5.74) is 0.917. The molecule has 116 valence electrons. The minimum absolute atomic E-state index is 0.104. The maximum absolute atomic E-state index is 12.2. The lowest BCUT2D eigenvalue weighted by molar-refractivity contribution is -0.143. The molecule has 1 heterocycles. The third kappa shape index (κ3) is 3.52. The summed E-state index contributed by atoms with van der Waals surface area (Å²) >= 11 is 0. The number of ether oxygens (including phenoxy) is 1. The van der Waals surface area contributed by atoms with Crippen molar-refractivity contribution >= 4 is 12.3 Å². The Bertz CT molecular complexity index is 701. The SMILES string of the molecule is CCOC(=O)CCCc1[nH]n(-c2ccccc2)c(=O)c1C=O. The summed E-state index contributed by atoms with van der Waals surface area (Å²) in [4.78, 5) is 34.7. The molecule has 2 rings (SSSR count). The van der Waals surface area contributed by atoms with Crippen LogP contribution in [0.3, 0.4) is 0 Å². The van der Waals surface area contributed by atoms with E-state index in [1.807, 2.05) is 18.2 Å². The highest BCUT2D eigenvalue weighted by Gasteiger charge is 2.14. The van der Waals surface area contributed by atoms with Gasteiger partial charge in [0.1, 0.15) is 5.56 Å². The quantitative estimate of drug-likeness (QED) is 0.625. The van der Waals surface area contributed by atoms with E-state index in [2.05, 4.69) is 5.10 Å². The minimum atomic E-state index is -0.382. The molecule has 6 heteroatoms. The Morgan fingerprint density at radius 2 is 2.05 bits per heavy atom. The fourth-order valence-corrected chi connectivity index (χ4v) is 2.21. The zero-order valence-electron chi connectivity index (χ0n) is 12.4. The standard InChI is InChI=1S/C16H18N2O4/c1-2-22-15(20)10-6-9-14-13(11-19)16(21)18(17-14)12-7-4-3-5-8-12/h3-5,7-8,11,17H,2,6,9-10H2,1H3. The topological polar surface area (TPSA) is 81.2 Å². The van der Waals surface area contributed by atoms with Crippen molar-refractivity contribution in [2.75, 3.05) is 6.61 Å². The minimum Gasteiger partial charge on any atom is -0.466 e. The van der Waals surface area contributed by atoms with Gasteiger partial charge in [0.2, 0.25) is 0 Å². The summed E-state index contributed by atoms with van der Waals surface area (Å²) in [6, 6.07) is 9.01. The van der Waals surface area contributed by atoms with Gasteiger partial charge in [-0.25, -0.2) is 4.68 Å². The van der Waals surface area contributed by atoms with Gasteiger partial charge >= 0.3 is 5.97 Å². The highest BCUT2D eigenvalue weighted by molar-refractivity contribution is 5.76. The molecule has 0 amide bonds. The van der Waals surface area contributed by atoms with E-state index in [4.69, 9.17) is 4.74 Å². The van der Waals surface area contributed by atoms with E-state index in [1.54, 1.807) is 19.1 Å². The number of aldehydes is 1. The molecule has 0 spiro atoms. The average Bonchev–Trinajstić information content (AvgIpc) is 2.84. The van der Waals surface area contributed by atoms with Crippen molar-refractivity contribution in [1.29, 1.82) is 0 Å². The van der Waals surface area contributed by atoms with Crippen LogP contribution in [0.1, 0.15) is 35.8 Å². The number of benzene rings is 1. The highest BCUT2D eigenvalue weighted by Crippen LogP contribution is 2.09. The number of aryl methyl sites for hydroxylation is 1. The lowest BCUT2D eigenvalue weighted by atomic mass is 10.1. The van der Waals surface area contributed by atoms with Crippen LogP contribution in [-0.4, -0.2) is 28.6 Å². The van der Waals surface area contributed by atoms with Crippen molar-refractivity contribution in [2.45, 2.75) is 26.2 Å². The van der Waals surface area contributed by atoms with Gasteiger partial charge in [0.25, 0.3) is 5.56 Å². The molecule has 0 radical (unpaired) electrons. The molecule has 2 aromatic rings. The van der Waals surface area contributed by atoms with Crippen LogP contribution in [0, 0.1) is 0 Å². The zero-order chi connectivity index (χ0) is 15.9. The Kier molecular flexibility index (Phi) is 5.30. The molecule has 0 saturated carbocycles. The lowest BCUT2D eigenvalue weighted by Gasteiger charge is -2.02. The van der Waals surface area contributed by atoms with Crippen LogP contribution in [0.15, 0.2) is 35.1 Å². The first kappa shape index (κ1) is 15.8.